The van der Waals surface area contributed by atoms with Crippen LogP contribution >= 0.6 is 11.3 Å². The molecule has 1 aromatic rings. The molecule has 0 saturated heterocycles. The Hall–Kier alpha value is -1.19. The topological polar surface area (TPSA) is 37.3 Å². The predicted molar refractivity (Wildman–Crippen MR) is 87.3 cm³/mol. The molecule has 2 atom stereocenters. The number of hydrogen-bond donors (Lipinski definition) is 1. The molecular weight excluding hydrogens is 280 g/mol. The van der Waals surface area contributed by atoms with Gasteiger partial charge >= 0.3 is 0 Å². The molecule has 2 aliphatic carbocycles. The van der Waals surface area contributed by atoms with Gasteiger partial charge in [0.05, 0.1) is 6.10 Å². The van der Waals surface area contributed by atoms with Crippen molar-refractivity contribution in [2.75, 3.05) is 0 Å². The van der Waals surface area contributed by atoms with Crippen molar-refractivity contribution in [2.24, 2.45) is 5.41 Å². The molecule has 3 rings (SSSR count). The van der Waals surface area contributed by atoms with Crippen LogP contribution in [0, 0.1) is 12.3 Å². The Kier molecular flexibility index (Phi) is 3.66. The quantitative estimate of drug-likeness (QED) is 0.786. The first-order valence-electron chi connectivity index (χ1n) is 7.60. The van der Waals surface area contributed by atoms with Crippen LogP contribution in [0.5, 0.6) is 0 Å². The lowest BCUT2D eigenvalue weighted by molar-refractivity contribution is -0.113. The molecule has 0 aliphatic heterocycles. The molecule has 1 aromatic heterocycles. The van der Waals surface area contributed by atoms with Gasteiger partial charge in [0.2, 0.25) is 0 Å². The van der Waals surface area contributed by atoms with Crippen LogP contribution in [0.25, 0.3) is 6.08 Å². The third kappa shape index (κ3) is 2.43. The third-order valence-corrected chi connectivity index (χ3v) is 6.04. The third-order valence-electron chi connectivity index (χ3n) is 5.04. The zero-order chi connectivity index (χ0) is 15.2. The van der Waals surface area contributed by atoms with Crippen LogP contribution in [0.15, 0.2) is 28.2 Å². The largest absolute Gasteiger partial charge is 0.392 e. The van der Waals surface area contributed by atoms with Crippen LogP contribution in [-0.2, 0) is 4.79 Å². The number of carbonyl (C=O) groups is 1. The van der Waals surface area contributed by atoms with E-state index in [1.165, 1.54) is 11.1 Å². The first kappa shape index (κ1) is 14.7. The van der Waals surface area contributed by atoms with Crippen LogP contribution in [0.2, 0.25) is 0 Å². The highest BCUT2D eigenvalue weighted by Crippen LogP contribution is 2.50. The van der Waals surface area contributed by atoms with Crippen LogP contribution in [-0.4, -0.2) is 17.0 Å². The number of hydrogen-bond acceptors (Lipinski definition) is 3. The molecule has 112 valence electrons. The molecule has 1 saturated carbocycles. The molecule has 1 N–H and O–H groups in total. The molecule has 0 bridgehead atoms. The van der Waals surface area contributed by atoms with Gasteiger partial charge in [-0.2, -0.15) is 0 Å². The second-order valence-corrected chi connectivity index (χ2v) is 7.57. The molecular formula is C18H22O2S. The summed E-state index contributed by atoms with van der Waals surface area (Å²) in [5, 5.41) is 12.6. The summed E-state index contributed by atoms with van der Waals surface area (Å²) in [6.07, 6.45) is 5.13. The summed E-state index contributed by atoms with van der Waals surface area (Å²) >= 11 is 1.67. The molecule has 0 amide bonds. The van der Waals surface area contributed by atoms with Gasteiger partial charge in [0, 0.05) is 15.9 Å². The number of aliphatic hydroxyl groups excluding tert-OH is 1. The second-order valence-electron chi connectivity index (χ2n) is 6.63. The van der Waals surface area contributed by atoms with Gasteiger partial charge in [0.25, 0.3) is 0 Å². The fraction of sp³-hybridized carbons (Fsp3) is 0.500. The second kappa shape index (κ2) is 5.22. The number of thiophene rings is 1. The van der Waals surface area contributed by atoms with E-state index in [0.717, 1.165) is 35.3 Å². The Morgan fingerprint density at radius 3 is 2.86 bits per heavy atom. The maximum absolute atomic E-state index is 12.6. The molecule has 0 unspecified atom stereocenters. The number of allylic oxidation sites excluding steroid dienone is 2. The summed E-state index contributed by atoms with van der Waals surface area (Å²) in [4.78, 5) is 13.8. The van der Waals surface area contributed by atoms with Crippen molar-refractivity contribution >= 4 is 23.2 Å². The van der Waals surface area contributed by atoms with Crippen LogP contribution in [0.3, 0.4) is 0 Å². The Labute approximate surface area is 130 Å². The van der Waals surface area contributed by atoms with E-state index in [1.807, 2.05) is 13.0 Å². The van der Waals surface area contributed by atoms with E-state index in [1.54, 1.807) is 11.3 Å². The predicted octanol–water partition coefficient (Wildman–Crippen LogP) is 4.28. The van der Waals surface area contributed by atoms with E-state index in [9.17, 15) is 9.90 Å². The van der Waals surface area contributed by atoms with E-state index in [4.69, 9.17) is 0 Å². The fourth-order valence-electron chi connectivity index (χ4n) is 3.79. The number of rotatable bonds is 1. The molecule has 3 heteroatoms. The average Bonchev–Trinajstić information content (AvgIpc) is 2.84. The van der Waals surface area contributed by atoms with Gasteiger partial charge in [-0.1, -0.05) is 12.5 Å². The highest BCUT2D eigenvalue weighted by atomic mass is 32.1. The van der Waals surface area contributed by atoms with Gasteiger partial charge in [-0.15, -0.1) is 11.3 Å². The van der Waals surface area contributed by atoms with Crippen molar-refractivity contribution in [3.05, 3.63) is 38.6 Å². The SMILES string of the molecule is CC1=C2CCC[C@H](O)[C@@]2(C)C/C(=C\c2cc(C)cs2)C1=O. The lowest BCUT2D eigenvalue weighted by Crippen LogP contribution is -2.42. The Morgan fingerprint density at radius 1 is 1.43 bits per heavy atom. The van der Waals surface area contributed by atoms with E-state index >= 15 is 0 Å². The molecule has 0 aromatic carbocycles. The number of ketones is 1. The number of carbonyl (C=O) groups excluding carboxylic acids is 1. The minimum atomic E-state index is -0.335. The molecule has 1 fully saturated rings. The molecule has 0 radical (unpaired) electrons. The molecule has 21 heavy (non-hydrogen) atoms. The van der Waals surface area contributed by atoms with Gasteiger partial charge in [-0.25, -0.2) is 0 Å². The maximum atomic E-state index is 12.6. The normalized spacial score (nSPS) is 31.7. The standard InChI is InChI=1S/C18H22O2S/c1-11-7-14(21-10-11)8-13-9-18(3)15(12(2)17(13)20)5-4-6-16(18)19/h7-8,10,16,19H,4-6,9H2,1-3H3/b13-8+/t16-,18-/m0/s1. The van der Waals surface area contributed by atoms with Crippen LogP contribution < -0.4 is 0 Å². The minimum absolute atomic E-state index is 0.169. The van der Waals surface area contributed by atoms with Crippen molar-refractivity contribution < 1.29 is 9.90 Å². The van der Waals surface area contributed by atoms with Crippen molar-refractivity contribution in [3.8, 4) is 0 Å². The van der Waals surface area contributed by atoms with Gasteiger partial charge in [-0.3, -0.25) is 4.79 Å². The first-order chi connectivity index (χ1) is 9.91. The zero-order valence-corrected chi connectivity index (χ0v) is 13.7. The van der Waals surface area contributed by atoms with Gasteiger partial charge in [0.1, 0.15) is 0 Å². The fourth-order valence-corrected chi connectivity index (χ4v) is 4.64. The summed E-state index contributed by atoms with van der Waals surface area (Å²) in [5.41, 5.74) is 3.87. The van der Waals surface area contributed by atoms with E-state index in [2.05, 4.69) is 25.3 Å². The summed E-state index contributed by atoms with van der Waals surface area (Å²) in [5.74, 6) is 0.169. The summed E-state index contributed by atoms with van der Waals surface area (Å²) < 4.78 is 0. The highest BCUT2D eigenvalue weighted by molar-refractivity contribution is 7.11. The Bertz CT molecular complexity index is 650. The highest BCUT2D eigenvalue weighted by Gasteiger charge is 2.45. The van der Waals surface area contributed by atoms with Crippen molar-refractivity contribution in [3.63, 3.8) is 0 Å². The van der Waals surface area contributed by atoms with Crippen molar-refractivity contribution in [2.45, 2.75) is 52.6 Å². The Balaban J connectivity index is 2.04. The van der Waals surface area contributed by atoms with Gasteiger partial charge in [-0.05, 0) is 68.2 Å². The Morgan fingerprint density at radius 2 is 2.19 bits per heavy atom. The summed E-state index contributed by atoms with van der Waals surface area (Å²) in [7, 11) is 0. The van der Waals surface area contributed by atoms with Crippen LogP contribution in [0.1, 0.15) is 50.0 Å². The molecule has 0 spiro atoms. The average molecular weight is 302 g/mol. The lowest BCUT2D eigenvalue weighted by Gasteiger charge is -2.45. The molecule has 1 heterocycles. The van der Waals surface area contributed by atoms with Crippen LogP contribution in [0.4, 0.5) is 0 Å². The molecule has 2 nitrogen and oxygen atoms in total. The molecule has 2 aliphatic rings. The number of Topliss-reactive ketones (excluding diaryl/α,β-unsaturated/α-hetero) is 1. The van der Waals surface area contributed by atoms with Crippen molar-refractivity contribution in [1.29, 1.82) is 0 Å². The monoisotopic (exact) mass is 302 g/mol. The zero-order valence-electron chi connectivity index (χ0n) is 12.9. The number of aryl methyl sites for hydroxylation is 1. The van der Waals surface area contributed by atoms with E-state index in [-0.39, 0.29) is 17.3 Å². The summed E-state index contributed by atoms with van der Waals surface area (Å²) in [6, 6.07) is 2.11. The van der Waals surface area contributed by atoms with Gasteiger partial charge in [0.15, 0.2) is 5.78 Å². The number of fused-ring (bicyclic) bond motifs is 1. The smallest absolute Gasteiger partial charge is 0.184 e. The van der Waals surface area contributed by atoms with E-state index < -0.39 is 0 Å². The lowest BCUT2D eigenvalue weighted by atomic mass is 9.61. The maximum Gasteiger partial charge on any atom is 0.184 e. The van der Waals surface area contributed by atoms with Gasteiger partial charge < -0.3 is 5.11 Å². The summed E-state index contributed by atoms with van der Waals surface area (Å²) in [6.45, 7) is 6.12. The van der Waals surface area contributed by atoms with Crippen molar-refractivity contribution in [1.82, 2.24) is 0 Å². The number of aliphatic hydroxyl groups is 1. The van der Waals surface area contributed by atoms with E-state index in [0.29, 0.717) is 6.42 Å². The minimum Gasteiger partial charge on any atom is -0.392 e. The first-order valence-corrected chi connectivity index (χ1v) is 8.48.